The lowest BCUT2D eigenvalue weighted by Gasteiger charge is -2.62. The van der Waals surface area contributed by atoms with Crippen molar-refractivity contribution >= 4 is 5.97 Å². The molecule has 11 atom stereocenters. The third kappa shape index (κ3) is 4.54. The summed E-state index contributed by atoms with van der Waals surface area (Å²) in [6, 6.07) is 0. The molecule has 4 fully saturated rings. The Hall–Kier alpha value is -0.570. The Labute approximate surface area is 203 Å². The SMILES string of the molecule is CC(=O)O[C@@H]1CC[C@@]2(C)[C@@H](CC[C@H]3[C@H]2[C@H](O)C[C@@]2(C)[C@@H]3CC[C@@H]2[C@H](C)CC[C@H](C)C(C)C)C1. The first-order chi connectivity index (χ1) is 15.5. The van der Waals surface area contributed by atoms with Crippen molar-refractivity contribution in [1.29, 1.82) is 0 Å². The molecule has 0 aromatic heterocycles. The van der Waals surface area contributed by atoms with Gasteiger partial charge in [-0.15, -0.1) is 0 Å². The number of hydrogen-bond donors (Lipinski definition) is 1. The summed E-state index contributed by atoms with van der Waals surface area (Å²) in [5, 5.41) is 11.7. The molecule has 0 bridgehead atoms. The molecule has 0 heterocycles. The molecule has 4 rings (SSSR count). The first kappa shape index (κ1) is 25.5. The van der Waals surface area contributed by atoms with Gasteiger partial charge in [0, 0.05) is 6.92 Å². The topological polar surface area (TPSA) is 46.5 Å². The highest BCUT2D eigenvalue weighted by Crippen LogP contribution is 2.68. The maximum absolute atomic E-state index is 11.7. The fraction of sp³-hybridized carbons (Fsp3) is 0.967. The van der Waals surface area contributed by atoms with Crippen LogP contribution in [0.4, 0.5) is 0 Å². The Bertz CT molecular complexity index is 703. The number of aliphatic hydroxyl groups excluding tert-OH is 1. The molecule has 3 nitrogen and oxygen atoms in total. The van der Waals surface area contributed by atoms with E-state index in [1.165, 1.54) is 45.4 Å². The standard InChI is InChI=1S/C30H52O3/c1-18(2)19(3)8-9-20(4)25-12-13-26-24-11-10-22-16-23(33-21(5)31)14-15-29(22,6)28(24)27(32)17-30(25,26)7/h18-20,22-28,32H,8-17H2,1-7H3/t19-,20+,22-,23+,24+,25+,26+,27+,28-,29-,30+/m0/s1. The van der Waals surface area contributed by atoms with Crippen LogP contribution in [0.5, 0.6) is 0 Å². The number of carbonyl (C=O) groups is 1. The molecule has 1 N–H and O–H groups in total. The van der Waals surface area contributed by atoms with Crippen LogP contribution in [0.1, 0.15) is 113 Å². The van der Waals surface area contributed by atoms with Crippen LogP contribution >= 0.6 is 0 Å². The molecule has 0 amide bonds. The van der Waals surface area contributed by atoms with E-state index in [1.807, 2.05) is 0 Å². The van der Waals surface area contributed by atoms with Crippen LogP contribution in [0.15, 0.2) is 0 Å². The Morgan fingerprint density at radius 3 is 2.39 bits per heavy atom. The average Bonchev–Trinajstić information content (AvgIpc) is 3.07. The predicted octanol–water partition coefficient (Wildman–Crippen LogP) is 7.26. The summed E-state index contributed by atoms with van der Waals surface area (Å²) in [6.07, 6.45) is 11.9. The first-order valence-corrected chi connectivity index (χ1v) is 14.3. The van der Waals surface area contributed by atoms with Gasteiger partial charge in [-0.3, -0.25) is 4.79 Å². The molecule has 0 aromatic carbocycles. The zero-order valence-corrected chi connectivity index (χ0v) is 22.6. The van der Waals surface area contributed by atoms with Gasteiger partial charge in [0.15, 0.2) is 0 Å². The third-order valence-electron chi connectivity index (χ3n) is 11.9. The van der Waals surface area contributed by atoms with E-state index in [-0.39, 0.29) is 23.6 Å². The van der Waals surface area contributed by atoms with Crippen molar-refractivity contribution < 1.29 is 14.6 Å². The van der Waals surface area contributed by atoms with Gasteiger partial charge in [0.1, 0.15) is 6.10 Å². The van der Waals surface area contributed by atoms with Gasteiger partial charge < -0.3 is 9.84 Å². The molecule has 0 spiro atoms. The highest BCUT2D eigenvalue weighted by atomic mass is 16.5. The number of fused-ring (bicyclic) bond motifs is 5. The minimum Gasteiger partial charge on any atom is -0.463 e. The molecule has 4 aliphatic rings. The summed E-state index contributed by atoms with van der Waals surface area (Å²) >= 11 is 0. The Kier molecular flexibility index (Phi) is 7.33. The molecular formula is C30H52O3. The maximum Gasteiger partial charge on any atom is 0.302 e. The summed E-state index contributed by atoms with van der Waals surface area (Å²) < 4.78 is 5.63. The number of carbonyl (C=O) groups excluding carboxylic acids is 1. The van der Waals surface area contributed by atoms with Gasteiger partial charge in [-0.2, -0.15) is 0 Å². The third-order valence-corrected chi connectivity index (χ3v) is 11.9. The molecule has 0 unspecified atom stereocenters. The lowest BCUT2D eigenvalue weighted by Crippen LogP contribution is -2.59. The van der Waals surface area contributed by atoms with E-state index in [9.17, 15) is 9.90 Å². The van der Waals surface area contributed by atoms with Crippen LogP contribution in [-0.4, -0.2) is 23.3 Å². The van der Waals surface area contributed by atoms with Crippen LogP contribution in [-0.2, 0) is 9.53 Å². The van der Waals surface area contributed by atoms with E-state index in [0.29, 0.717) is 23.2 Å². The molecule has 0 saturated heterocycles. The average molecular weight is 461 g/mol. The quantitative estimate of drug-likeness (QED) is 0.424. The van der Waals surface area contributed by atoms with Crippen molar-refractivity contribution in [1.82, 2.24) is 0 Å². The van der Waals surface area contributed by atoms with E-state index in [0.717, 1.165) is 55.3 Å². The van der Waals surface area contributed by atoms with Gasteiger partial charge in [-0.1, -0.05) is 54.4 Å². The van der Waals surface area contributed by atoms with Gasteiger partial charge in [-0.25, -0.2) is 0 Å². The normalized spacial score (nSPS) is 46.8. The van der Waals surface area contributed by atoms with E-state index in [1.54, 1.807) is 0 Å². The highest BCUT2D eigenvalue weighted by molar-refractivity contribution is 5.66. The minimum atomic E-state index is -0.170. The zero-order valence-electron chi connectivity index (χ0n) is 22.6. The minimum absolute atomic E-state index is 0.0908. The van der Waals surface area contributed by atoms with Crippen molar-refractivity contribution in [3.63, 3.8) is 0 Å². The molecular weight excluding hydrogens is 408 g/mol. The van der Waals surface area contributed by atoms with Gasteiger partial charge in [0.25, 0.3) is 0 Å². The highest BCUT2D eigenvalue weighted by Gasteiger charge is 2.63. The van der Waals surface area contributed by atoms with E-state index in [2.05, 4.69) is 41.5 Å². The van der Waals surface area contributed by atoms with Crippen molar-refractivity contribution in [2.24, 2.45) is 58.2 Å². The van der Waals surface area contributed by atoms with Gasteiger partial charge in [-0.05, 0) is 110 Å². The lowest BCUT2D eigenvalue weighted by atomic mass is 9.43. The van der Waals surface area contributed by atoms with Crippen LogP contribution in [0.3, 0.4) is 0 Å². The number of hydrogen-bond acceptors (Lipinski definition) is 3. The van der Waals surface area contributed by atoms with E-state index in [4.69, 9.17) is 4.74 Å². The van der Waals surface area contributed by atoms with Crippen LogP contribution in [0.2, 0.25) is 0 Å². The van der Waals surface area contributed by atoms with Crippen molar-refractivity contribution in [3.8, 4) is 0 Å². The zero-order chi connectivity index (χ0) is 24.1. The summed E-state index contributed by atoms with van der Waals surface area (Å²) in [4.78, 5) is 11.5. The number of esters is 1. The van der Waals surface area contributed by atoms with Crippen molar-refractivity contribution in [2.75, 3.05) is 0 Å². The molecule has 4 saturated carbocycles. The second kappa shape index (κ2) is 9.47. The van der Waals surface area contributed by atoms with Gasteiger partial charge >= 0.3 is 5.97 Å². The summed E-state index contributed by atoms with van der Waals surface area (Å²) in [6.45, 7) is 16.2. The lowest BCUT2D eigenvalue weighted by molar-refractivity contribution is -0.186. The van der Waals surface area contributed by atoms with Crippen LogP contribution in [0, 0.1) is 58.2 Å². The Balaban J connectivity index is 1.48. The van der Waals surface area contributed by atoms with Crippen molar-refractivity contribution in [3.05, 3.63) is 0 Å². The Morgan fingerprint density at radius 1 is 1.00 bits per heavy atom. The van der Waals surface area contributed by atoms with Crippen molar-refractivity contribution in [2.45, 2.75) is 125 Å². The summed E-state index contributed by atoms with van der Waals surface area (Å²) in [5.41, 5.74) is 0.510. The van der Waals surface area contributed by atoms with Crippen LogP contribution < -0.4 is 0 Å². The molecule has 0 radical (unpaired) electrons. The Morgan fingerprint density at radius 2 is 1.73 bits per heavy atom. The molecule has 3 heteroatoms. The number of aliphatic hydroxyl groups is 1. The predicted molar refractivity (Wildman–Crippen MR) is 135 cm³/mol. The molecule has 33 heavy (non-hydrogen) atoms. The first-order valence-electron chi connectivity index (χ1n) is 14.3. The second-order valence-electron chi connectivity index (χ2n) is 13.8. The van der Waals surface area contributed by atoms with Gasteiger partial charge in [0.2, 0.25) is 0 Å². The number of rotatable bonds is 6. The monoisotopic (exact) mass is 460 g/mol. The summed E-state index contributed by atoms with van der Waals surface area (Å²) in [7, 11) is 0. The van der Waals surface area contributed by atoms with Gasteiger partial charge in [0.05, 0.1) is 6.10 Å². The smallest absolute Gasteiger partial charge is 0.302 e. The fourth-order valence-electron chi connectivity index (χ4n) is 9.72. The van der Waals surface area contributed by atoms with E-state index < -0.39 is 0 Å². The van der Waals surface area contributed by atoms with Crippen LogP contribution in [0.25, 0.3) is 0 Å². The molecule has 4 aliphatic carbocycles. The maximum atomic E-state index is 11.7. The van der Waals surface area contributed by atoms with E-state index >= 15 is 0 Å². The molecule has 190 valence electrons. The molecule has 0 aromatic rings. The molecule has 0 aliphatic heterocycles. The summed E-state index contributed by atoms with van der Waals surface area (Å²) in [5.74, 6) is 5.44. The largest absolute Gasteiger partial charge is 0.463 e. The second-order valence-corrected chi connectivity index (χ2v) is 13.8. The number of ether oxygens (including phenoxy) is 1. The fourth-order valence-corrected chi connectivity index (χ4v) is 9.72.